The molecule has 0 spiro atoms. The third-order valence-corrected chi connectivity index (χ3v) is 15.9. The number of rotatable bonds is 8. The van der Waals surface area contributed by atoms with E-state index < -0.39 is 68.0 Å². The average molecular weight is 994 g/mol. The zero-order valence-electron chi connectivity index (χ0n) is 32.5. The Morgan fingerprint density at radius 3 is 1.39 bits per heavy atom. The Morgan fingerprint density at radius 1 is 0.656 bits per heavy atom. The van der Waals surface area contributed by atoms with Gasteiger partial charge in [-0.25, -0.2) is 8.78 Å². The summed E-state index contributed by atoms with van der Waals surface area (Å²) in [6, 6.07) is 15.8. The van der Waals surface area contributed by atoms with Gasteiger partial charge in [-0.3, -0.25) is 19.6 Å². The van der Waals surface area contributed by atoms with Crippen LogP contribution in [0.4, 0.5) is 20.2 Å². The van der Waals surface area contributed by atoms with Crippen LogP contribution in [0.1, 0.15) is 49.5 Å². The second kappa shape index (κ2) is 21.0. The van der Waals surface area contributed by atoms with Crippen LogP contribution < -0.4 is 20.1 Å². The summed E-state index contributed by atoms with van der Waals surface area (Å²) in [5.74, 6) is -2.26. The lowest BCUT2D eigenvalue weighted by Gasteiger charge is -2.35. The molecule has 22 heteroatoms. The Kier molecular flexibility index (Phi) is 16.5. The van der Waals surface area contributed by atoms with Gasteiger partial charge in [0.25, 0.3) is 20.4 Å². The molecule has 4 atom stereocenters. The molecular formula is C42H44Cl2F2N8O6S4. The number of pyridine rings is 2. The minimum absolute atomic E-state index is 0. The van der Waals surface area contributed by atoms with Gasteiger partial charge < -0.3 is 10.6 Å². The first-order chi connectivity index (χ1) is 29.5. The van der Waals surface area contributed by atoms with Crippen molar-refractivity contribution in [3.8, 4) is 22.3 Å². The quantitative estimate of drug-likeness (QED) is 0.117. The number of hydrogen-bond acceptors (Lipinski definition) is 10. The van der Waals surface area contributed by atoms with Crippen molar-refractivity contribution >= 4 is 89.5 Å². The van der Waals surface area contributed by atoms with Crippen LogP contribution >= 0.6 is 45.9 Å². The van der Waals surface area contributed by atoms with Gasteiger partial charge >= 0.3 is 0 Å². The number of likely N-dealkylation sites (N-methyl/N-ethyl adjacent to an activating group) is 2. The number of benzene rings is 2. The van der Waals surface area contributed by atoms with Crippen LogP contribution in [-0.2, 0) is 30.0 Å². The van der Waals surface area contributed by atoms with Crippen molar-refractivity contribution in [1.82, 2.24) is 28.0 Å². The number of carbonyl (C=O) groups excluding carboxylic acids is 2. The van der Waals surface area contributed by atoms with E-state index in [2.05, 4.69) is 30.0 Å². The van der Waals surface area contributed by atoms with Gasteiger partial charge in [-0.15, -0.1) is 22.7 Å². The number of hydrogen-bond donors (Lipinski definition) is 4. The number of anilines is 2. The first-order valence-electron chi connectivity index (χ1n) is 18.5. The first-order valence-corrected chi connectivity index (χ1v) is 23.9. The van der Waals surface area contributed by atoms with Gasteiger partial charge in [0.1, 0.15) is 23.7 Å². The minimum atomic E-state index is -3.88. The fourth-order valence-electron chi connectivity index (χ4n) is 6.63. The highest BCUT2D eigenvalue weighted by Crippen LogP contribution is 2.37. The van der Waals surface area contributed by atoms with E-state index in [-0.39, 0.29) is 49.1 Å². The van der Waals surface area contributed by atoms with E-state index in [1.54, 1.807) is 24.8 Å². The highest BCUT2D eigenvalue weighted by Gasteiger charge is 2.42. The fourth-order valence-corrected chi connectivity index (χ4v) is 11.6. The van der Waals surface area contributed by atoms with E-state index in [4.69, 9.17) is 23.2 Å². The number of nitrogens with one attached hydrogen (secondary N) is 4. The maximum atomic E-state index is 13.4. The molecule has 2 aromatic carbocycles. The summed E-state index contributed by atoms with van der Waals surface area (Å²) in [6.45, 7) is 0. The summed E-state index contributed by atoms with van der Waals surface area (Å²) in [5.41, 5.74) is 4.26. The maximum Gasteiger partial charge on any atom is 0.280 e. The summed E-state index contributed by atoms with van der Waals surface area (Å²) in [7, 11) is -5.08. The van der Waals surface area contributed by atoms with E-state index in [9.17, 15) is 35.2 Å². The fraction of sp³-hybridized carbons (Fsp3) is 0.238. The number of thiophene rings is 2. The Morgan fingerprint density at radius 2 is 1.05 bits per heavy atom. The molecule has 4 N–H and O–H groups in total. The van der Waals surface area contributed by atoms with E-state index in [1.807, 2.05) is 47.2 Å². The second-order valence-corrected chi connectivity index (χ2v) is 20.3. The predicted molar refractivity (Wildman–Crippen MR) is 251 cm³/mol. The second-order valence-electron chi connectivity index (χ2n) is 14.1. The molecule has 6 aromatic rings. The number of nitrogens with zero attached hydrogens (tertiary/aromatic N) is 4. The van der Waals surface area contributed by atoms with Crippen molar-refractivity contribution in [3.63, 3.8) is 0 Å². The van der Waals surface area contributed by atoms with Crippen molar-refractivity contribution in [2.45, 2.75) is 51.9 Å². The molecule has 0 unspecified atom stereocenters. The van der Waals surface area contributed by atoms with Crippen LogP contribution in [0.25, 0.3) is 22.3 Å². The van der Waals surface area contributed by atoms with E-state index >= 15 is 0 Å². The molecule has 14 nitrogen and oxygen atoms in total. The lowest BCUT2D eigenvalue weighted by atomic mass is 10.0. The molecule has 6 heterocycles. The predicted octanol–water partition coefficient (Wildman–Crippen LogP) is 8.91. The smallest absolute Gasteiger partial charge is 0.280 e. The first kappa shape index (κ1) is 50.3. The van der Waals surface area contributed by atoms with Gasteiger partial charge in [0.05, 0.1) is 22.1 Å². The maximum absolute atomic E-state index is 13.4. The van der Waals surface area contributed by atoms with Gasteiger partial charge in [-0.2, -0.15) is 34.9 Å². The Bertz CT molecular complexity index is 2630. The topological polar surface area (TPSA) is 183 Å². The minimum Gasteiger partial charge on any atom is -0.325 e. The molecule has 2 aliphatic rings. The summed E-state index contributed by atoms with van der Waals surface area (Å²) in [6.07, 6.45) is 7.27. The van der Waals surface area contributed by atoms with Crippen molar-refractivity contribution in [3.05, 3.63) is 140 Å². The summed E-state index contributed by atoms with van der Waals surface area (Å²) in [4.78, 5) is 35.5. The molecule has 2 saturated heterocycles. The van der Waals surface area contributed by atoms with Gasteiger partial charge in [-0.05, 0) is 95.4 Å². The molecule has 8 rings (SSSR count). The third-order valence-electron chi connectivity index (χ3n) is 10.0. The SMILES string of the molecule is C.C.CN1[C@@H](C(=O)Nc2ccc(F)c(Cl)c2)C[C@@H](c2cc(-c3cccnc3)cs2)NS1(=O)=O.CN1[C@H](C(=O)Nc2ccc(F)c(Cl)c2)C[C@H](c2cc(-c3cccnc3)cs2)NS1(=O)=O. The highest BCUT2D eigenvalue weighted by atomic mass is 35.5. The van der Waals surface area contributed by atoms with Crippen LogP contribution in [-0.4, -0.2) is 73.4 Å². The molecule has 2 aliphatic heterocycles. The number of halogens is 4. The molecule has 64 heavy (non-hydrogen) atoms. The Labute approximate surface area is 389 Å². The van der Waals surface area contributed by atoms with Gasteiger partial charge in [0, 0.05) is 71.1 Å². The van der Waals surface area contributed by atoms with Crippen molar-refractivity contribution in [1.29, 1.82) is 0 Å². The molecule has 2 fully saturated rings. The van der Waals surface area contributed by atoms with Crippen LogP contribution in [0.5, 0.6) is 0 Å². The molecule has 340 valence electrons. The molecule has 0 bridgehead atoms. The van der Waals surface area contributed by atoms with Gasteiger partial charge in [-0.1, -0.05) is 50.2 Å². The molecule has 2 amide bonds. The van der Waals surface area contributed by atoms with Crippen molar-refractivity contribution in [2.75, 3.05) is 24.7 Å². The summed E-state index contributed by atoms with van der Waals surface area (Å²) < 4.78 is 84.7. The molecule has 0 radical (unpaired) electrons. The normalized spacial score (nSPS) is 20.3. The lowest BCUT2D eigenvalue weighted by molar-refractivity contribution is -0.120. The zero-order chi connectivity index (χ0) is 44.3. The van der Waals surface area contributed by atoms with Crippen molar-refractivity contribution in [2.24, 2.45) is 0 Å². The number of amides is 2. The van der Waals surface area contributed by atoms with Crippen LogP contribution in [0.3, 0.4) is 0 Å². The van der Waals surface area contributed by atoms with Crippen LogP contribution in [0.15, 0.2) is 108 Å². The Balaban J connectivity index is 0.000000234. The molecule has 0 saturated carbocycles. The number of aromatic nitrogens is 2. The van der Waals surface area contributed by atoms with E-state index in [1.165, 1.54) is 61.0 Å². The lowest BCUT2D eigenvalue weighted by Crippen LogP contribution is -2.55. The molecular weight excluding hydrogens is 950 g/mol. The molecule has 0 aliphatic carbocycles. The highest BCUT2D eigenvalue weighted by molar-refractivity contribution is 7.87. The van der Waals surface area contributed by atoms with E-state index in [0.717, 1.165) is 52.8 Å². The summed E-state index contributed by atoms with van der Waals surface area (Å²) in [5, 5.41) is 8.82. The number of carbonyl (C=O) groups is 2. The molecule has 4 aromatic heterocycles. The summed E-state index contributed by atoms with van der Waals surface area (Å²) >= 11 is 14.4. The van der Waals surface area contributed by atoms with Crippen LogP contribution in [0, 0.1) is 11.6 Å². The van der Waals surface area contributed by atoms with E-state index in [0.29, 0.717) is 0 Å². The standard InChI is InChI=1S/2C20H18ClFN4O3S2.2CH4/c2*1-26-18(20(27)24-14-4-5-16(22)15(21)8-14)9-17(25-31(26,28)29)19-7-13(11-30-19)12-3-2-6-23-10-12;;/h2*2-8,10-11,17-18,25H,9H2,1H3,(H,24,27);2*1H4/t2*17-,18+;;/m10../s1. The van der Waals surface area contributed by atoms with Gasteiger partial charge in [0.2, 0.25) is 11.8 Å². The third kappa shape index (κ3) is 11.6. The van der Waals surface area contributed by atoms with Crippen molar-refractivity contribution < 1.29 is 35.2 Å². The Hall–Kier alpha value is -4.74. The zero-order valence-corrected chi connectivity index (χ0v) is 37.3. The average Bonchev–Trinajstić information content (AvgIpc) is 3.95. The monoisotopic (exact) mass is 992 g/mol. The van der Waals surface area contributed by atoms with Gasteiger partial charge in [0.15, 0.2) is 0 Å². The largest absolute Gasteiger partial charge is 0.325 e. The van der Waals surface area contributed by atoms with Crippen LogP contribution in [0.2, 0.25) is 10.0 Å².